The fraction of sp³-hybridized carbons (Fsp3) is 0.529. The van der Waals surface area contributed by atoms with Gasteiger partial charge in [-0.3, -0.25) is 4.79 Å². The topological polar surface area (TPSA) is 66.4 Å². The van der Waals surface area contributed by atoms with Crippen LogP contribution < -0.4 is 5.32 Å². The Morgan fingerprint density at radius 3 is 2.38 bits per heavy atom. The van der Waals surface area contributed by atoms with Crippen molar-refractivity contribution in [3.05, 3.63) is 35.9 Å². The van der Waals surface area contributed by atoms with Gasteiger partial charge in [-0.15, -0.1) is 0 Å². The Morgan fingerprint density at radius 2 is 1.86 bits per heavy atom. The zero-order chi connectivity index (χ0) is 15.9. The van der Waals surface area contributed by atoms with Gasteiger partial charge >= 0.3 is 5.97 Å². The summed E-state index contributed by atoms with van der Waals surface area (Å²) in [5.41, 5.74) is 0.750. The number of carbonyl (C=O) groups excluding carboxylic acids is 1. The standard InChI is InChI=1S/C17H25NO3/c1-4-5-11-14(16(20)21)18-15(19)12-17(2,3)13-9-7-6-8-10-13/h6-10,14H,4-5,11-12H2,1-3H3,(H,18,19)(H,20,21)/t14-/m0/s1. The minimum absolute atomic E-state index is 0.215. The van der Waals surface area contributed by atoms with Crippen molar-refractivity contribution < 1.29 is 14.7 Å². The number of aliphatic carboxylic acids is 1. The number of hydrogen-bond acceptors (Lipinski definition) is 2. The average Bonchev–Trinajstić information content (AvgIpc) is 2.43. The summed E-state index contributed by atoms with van der Waals surface area (Å²) in [6.07, 6.45) is 2.45. The van der Waals surface area contributed by atoms with E-state index in [4.69, 9.17) is 5.11 Å². The highest BCUT2D eigenvalue weighted by Gasteiger charge is 2.26. The maximum atomic E-state index is 12.1. The van der Waals surface area contributed by atoms with E-state index in [1.165, 1.54) is 0 Å². The molecule has 0 heterocycles. The van der Waals surface area contributed by atoms with Crippen molar-refractivity contribution in [2.45, 2.75) is 57.9 Å². The van der Waals surface area contributed by atoms with Crippen LogP contribution in [0.4, 0.5) is 0 Å². The Labute approximate surface area is 126 Å². The van der Waals surface area contributed by atoms with Gasteiger partial charge in [0, 0.05) is 6.42 Å². The van der Waals surface area contributed by atoms with Crippen LogP contribution in [0.5, 0.6) is 0 Å². The molecule has 1 aromatic rings. The molecule has 0 fully saturated rings. The lowest BCUT2D eigenvalue weighted by molar-refractivity contribution is -0.142. The molecule has 4 nitrogen and oxygen atoms in total. The third-order valence-electron chi connectivity index (χ3n) is 3.64. The highest BCUT2D eigenvalue weighted by molar-refractivity contribution is 5.84. The molecule has 0 saturated heterocycles. The number of nitrogens with one attached hydrogen (secondary N) is 1. The Hall–Kier alpha value is -1.84. The van der Waals surface area contributed by atoms with E-state index in [1.54, 1.807) is 0 Å². The summed E-state index contributed by atoms with van der Waals surface area (Å²) in [6.45, 7) is 5.98. The number of amides is 1. The quantitative estimate of drug-likeness (QED) is 0.773. The molecule has 1 amide bonds. The molecule has 2 N–H and O–H groups in total. The van der Waals surface area contributed by atoms with Gasteiger partial charge in [0.2, 0.25) is 5.91 Å². The van der Waals surface area contributed by atoms with Gasteiger partial charge < -0.3 is 10.4 Å². The molecular formula is C17H25NO3. The molecule has 0 unspecified atom stereocenters. The molecule has 1 atom stereocenters. The fourth-order valence-corrected chi connectivity index (χ4v) is 2.30. The number of rotatable bonds is 8. The molecule has 21 heavy (non-hydrogen) atoms. The van der Waals surface area contributed by atoms with Gasteiger partial charge in [-0.1, -0.05) is 63.9 Å². The van der Waals surface area contributed by atoms with Crippen LogP contribution in [0.3, 0.4) is 0 Å². The number of benzene rings is 1. The molecule has 1 rings (SSSR count). The Bertz CT molecular complexity index is 468. The van der Waals surface area contributed by atoms with Crippen LogP contribution in [0, 0.1) is 0 Å². The summed E-state index contributed by atoms with van der Waals surface area (Å²) in [5.74, 6) is -1.18. The van der Waals surface area contributed by atoms with Crippen molar-refractivity contribution in [2.75, 3.05) is 0 Å². The van der Waals surface area contributed by atoms with Gasteiger partial charge in [-0.2, -0.15) is 0 Å². The van der Waals surface area contributed by atoms with E-state index in [2.05, 4.69) is 5.32 Å². The molecule has 4 heteroatoms. The summed E-state index contributed by atoms with van der Waals surface area (Å²) in [5, 5.41) is 11.8. The van der Waals surface area contributed by atoms with Crippen LogP contribution >= 0.6 is 0 Å². The molecule has 0 spiro atoms. The van der Waals surface area contributed by atoms with Gasteiger partial charge in [0.1, 0.15) is 6.04 Å². The first-order valence-corrected chi connectivity index (χ1v) is 7.44. The predicted molar refractivity (Wildman–Crippen MR) is 83.2 cm³/mol. The van der Waals surface area contributed by atoms with Crippen LogP contribution in [0.1, 0.15) is 52.0 Å². The van der Waals surface area contributed by atoms with E-state index in [-0.39, 0.29) is 17.7 Å². The van der Waals surface area contributed by atoms with Crippen molar-refractivity contribution >= 4 is 11.9 Å². The second kappa shape index (κ2) is 7.81. The largest absolute Gasteiger partial charge is 0.480 e. The summed E-state index contributed by atoms with van der Waals surface area (Å²) >= 11 is 0. The van der Waals surface area contributed by atoms with Gasteiger partial charge in [0.05, 0.1) is 0 Å². The Kier molecular flexibility index (Phi) is 6.40. The van der Waals surface area contributed by atoms with Crippen LogP contribution in [0.2, 0.25) is 0 Å². The van der Waals surface area contributed by atoms with Crippen LogP contribution in [0.15, 0.2) is 30.3 Å². The number of unbranched alkanes of at least 4 members (excludes halogenated alkanes) is 1. The van der Waals surface area contributed by atoms with E-state index in [9.17, 15) is 9.59 Å². The zero-order valence-electron chi connectivity index (χ0n) is 13.1. The smallest absolute Gasteiger partial charge is 0.326 e. The second-order valence-corrected chi connectivity index (χ2v) is 6.03. The van der Waals surface area contributed by atoms with Gasteiger partial charge in [-0.25, -0.2) is 4.79 Å². The normalized spacial score (nSPS) is 12.7. The highest BCUT2D eigenvalue weighted by atomic mass is 16.4. The second-order valence-electron chi connectivity index (χ2n) is 6.03. The molecule has 0 aliphatic heterocycles. The molecular weight excluding hydrogens is 266 g/mol. The monoisotopic (exact) mass is 291 g/mol. The van der Waals surface area contributed by atoms with Gasteiger partial charge in [-0.05, 0) is 17.4 Å². The summed E-state index contributed by atoms with van der Waals surface area (Å²) < 4.78 is 0. The number of carboxylic acid groups (broad SMARTS) is 1. The SMILES string of the molecule is CCCC[C@H](NC(=O)CC(C)(C)c1ccccc1)C(=O)O. The summed E-state index contributed by atoms with van der Waals surface area (Å²) in [7, 11) is 0. The Morgan fingerprint density at radius 1 is 1.24 bits per heavy atom. The van der Waals surface area contributed by atoms with Gasteiger partial charge in [0.15, 0.2) is 0 Å². The zero-order valence-corrected chi connectivity index (χ0v) is 13.1. The number of hydrogen-bond donors (Lipinski definition) is 2. The minimum atomic E-state index is -0.964. The fourth-order valence-electron chi connectivity index (χ4n) is 2.30. The first-order valence-electron chi connectivity index (χ1n) is 7.44. The van der Waals surface area contributed by atoms with E-state index in [1.807, 2.05) is 51.1 Å². The lowest BCUT2D eigenvalue weighted by atomic mass is 9.81. The number of carboxylic acids is 1. The van der Waals surface area contributed by atoms with Crippen molar-refractivity contribution in [3.63, 3.8) is 0 Å². The van der Waals surface area contributed by atoms with Crippen LogP contribution in [-0.2, 0) is 15.0 Å². The lowest BCUT2D eigenvalue weighted by Gasteiger charge is -2.25. The molecule has 0 saturated carbocycles. The molecule has 0 radical (unpaired) electrons. The first-order chi connectivity index (χ1) is 9.86. The van der Waals surface area contributed by atoms with E-state index in [0.29, 0.717) is 6.42 Å². The van der Waals surface area contributed by atoms with Crippen molar-refractivity contribution in [1.29, 1.82) is 0 Å². The summed E-state index contributed by atoms with van der Waals surface area (Å²) in [6, 6.07) is 9.00. The van der Waals surface area contributed by atoms with E-state index < -0.39 is 12.0 Å². The molecule has 1 aromatic carbocycles. The molecule has 116 valence electrons. The van der Waals surface area contributed by atoms with Crippen LogP contribution in [0.25, 0.3) is 0 Å². The third-order valence-corrected chi connectivity index (χ3v) is 3.64. The summed E-state index contributed by atoms with van der Waals surface area (Å²) in [4.78, 5) is 23.3. The Balaban J connectivity index is 2.65. The van der Waals surface area contributed by atoms with E-state index >= 15 is 0 Å². The highest BCUT2D eigenvalue weighted by Crippen LogP contribution is 2.26. The van der Waals surface area contributed by atoms with Crippen LogP contribution in [-0.4, -0.2) is 23.0 Å². The average molecular weight is 291 g/mol. The maximum absolute atomic E-state index is 12.1. The maximum Gasteiger partial charge on any atom is 0.326 e. The molecule has 0 aliphatic rings. The molecule has 0 bridgehead atoms. The third kappa shape index (κ3) is 5.58. The first kappa shape index (κ1) is 17.2. The minimum Gasteiger partial charge on any atom is -0.480 e. The van der Waals surface area contributed by atoms with Crippen molar-refractivity contribution in [2.24, 2.45) is 0 Å². The van der Waals surface area contributed by atoms with E-state index in [0.717, 1.165) is 18.4 Å². The van der Waals surface area contributed by atoms with Crippen molar-refractivity contribution in [3.8, 4) is 0 Å². The number of carbonyl (C=O) groups is 2. The van der Waals surface area contributed by atoms with Crippen molar-refractivity contribution in [1.82, 2.24) is 5.32 Å². The molecule has 0 aliphatic carbocycles. The van der Waals surface area contributed by atoms with Gasteiger partial charge in [0.25, 0.3) is 0 Å². The predicted octanol–water partition coefficient (Wildman–Crippen LogP) is 3.11. The molecule has 0 aromatic heterocycles. The lowest BCUT2D eigenvalue weighted by Crippen LogP contribution is -2.42.